The number of halogens is 2. The summed E-state index contributed by atoms with van der Waals surface area (Å²) in [6, 6.07) is 6.44. The number of nitrogens with zero attached hydrogens (tertiary/aromatic N) is 1. The van der Waals surface area contributed by atoms with Crippen molar-refractivity contribution in [2.75, 3.05) is 20.6 Å². The first-order chi connectivity index (χ1) is 11.9. The first-order valence-electron chi connectivity index (χ1n) is 7.90. The maximum atomic E-state index is 13.8. The van der Waals surface area contributed by atoms with Crippen molar-refractivity contribution in [3.8, 4) is 0 Å². The molecule has 0 aliphatic rings. The van der Waals surface area contributed by atoms with Gasteiger partial charge in [0.05, 0.1) is 12.1 Å². The molecule has 5 nitrogen and oxygen atoms in total. The van der Waals surface area contributed by atoms with E-state index in [1.54, 1.807) is 24.4 Å². The predicted molar refractivity (Wildman–Crippen MR) is 95.4 cm³/mol. The van der Waals surface area contributed by atoms with Crippen molar-refractivity contribution in [1.29, 1.82) is 0 Å². The van der Waals surface area contributed by atoms with Crippen LogP contribution in [0, 0.1) is 5.82 Å². The lowest BCUT2D eigenvalue weighted by molar-refractivity contribution is 0.0923. The molecule has 0 aliphatic carbocycles. The van der Waals surface area contributed by atoms with Gasteiger partial charge in [0.15, 0.2) is 5.76 Å². The van der Waals surface area contributed by atoms with Crippen LogP contribution in [0.5, 0.6) is 0 Å². The van der Waals surface area contributed by atoms with Crippen LogP contribution in [0.15, 0.2) is 34.9 Å². The topological polar surface area (TPSA) is 61.3 Å². The van der Waals surface area contributed by atoms with Gasteiger partial charge in [-0.2, -0.15) is 0 Å². The third kappa shape index (κ3) is 4.03. The Kier molecular flexibility index (Phi) is 5.11. The lowest BCUT2D eigenvalue weighted by Gasteiger charge is -2.06. The summed E-state index contributed by atoms with van der Waals surface area (Å²) in [5.74, 6) is 0.359. The van der Waals surface area contributed by atoms with Gasteiger partial charge >= 0.3 is 0 Å². The van der Waals surface area contributed by atoms with Gasteiger partial charge in [0.2, 0.25) is 0 Å². The summed E-state index contributed by atoms with van der Waals surface area (Å²) < 4.78 is 19.3. The van der Waals surface area contributed by atoms with Crippen molar-refractivity contribution in [3.05, 3.63) is 58.4 Å². The van der Waals surface area contributed by atoms with Crippen LogP contribution in [0.4, 0.5) is 4.39 Å². The molecular formula is C18H19ClFN3O2. The zero-order chi connectivity index (χ0) is 18.0. The molecule has 3 rings (SSSR count). The fourth-order valence-electron chi connectivity index (χ4n) is 2.71. The molecule has 0 bridgehead atoms. The van der Waals surface area contributed by atoms with E-state index in [1.807, 2.05) is 19.0 Å². The van der Waals surface area contributed by atoms with Crippen LogP contribution >= 0.6 is 11.6 Å². The minimum Gasteiger partial charge on any atom is -0.455 e. The summed E-state index contributed by atoms with van der Waals surface area (Å²) >= 11 is 5.92. The average Bonchev–Trinajstić information content (AvgIpc) is 3.14. The molecule has 0 saturated carbocycles. The van der Waals surface area contributed by atoms with E-state index in [2.05, 4.69) is 10.3 Å². The normalized spacial score (nSPS) is 11.4. The fourth-order valence-corrected chi connectivity index (χ4v) is 2.92. The largest absolute Gasteiger partial charge is 0.455 e. The van der Waals surface area contributed by atoms with E-state index in [-0.39, 0.29) is 17.5 Å². The van der Waals surface area contributed by atoms with E-state index >= 15 is 0 Å². The summed E-state index contributed by atoms with van der Waals surface area (Å²) in [6.07, 6.45) is 2.29. The Bertz CT molecular complexity index is 901. The van der Waals surface area contributed by atoms with Gasteiger partial charge in [-0.1, -0.05) is 11.6 Å². The van der Waals surface area contributed by atoms with Crippen molar-refractivity contribution < 1.29 is 13.6 Å². The molecule has 1 aromatic carbocycles. The summed E-state index contributed by atoms with van der Waals surface area (Å²) in [5.41, 5.74) is 1.31. The van der Waals surface area contributed by atoms with Crippen LogP contribution in [0.1, 0.15) is 21.9 Å². The lowest BCUT2D eigenvalue weighted by atomic mass is 10.1. The SMILES string of the molecule is CN(C)Cc1ccc(C(=O)NCCc2c[nH]c3c(F)cc(Cl)cc23)o1. The minimum atomic E-state index is -0.387. The van der Waals surface area contributed by atoms with Crippen molar-refractivity contribution >= 4 is 28.4 Å². The fraction of sp³-hybridized carbons (Fsp3) is 0.278. The molecule has 0 unspecified atom stereocenters. The van der Waals surface area contributed by atoms with Crippen LogP contribution in [0.25, 0.3) is 10.9 Å². The number of rotatable bonds is 6. The number of hydrogen-bond acceptors (Lipinski definition) is 3. The van der Waals surface area contributed by atoms with Crippen LogP contribution in [0.3, 0.4) is 0 Å². The van der Waals surface area contributed by atoms with Crippen molar-refractivity contribution in [1.82, 2.24) is 15.2 Å². The molecule has 25 heavy (non-hydrogen) atoms. The van der Waals surface area contributed by atoms with E-state index in [0.29, 0.717) is 30.0 Å². The summed E-state index contributed by atoms with van der Waals surface area (Å²) in [7, 11) is 3.86. The highest BCUT2D eigenvalue weighted by atomic mass is 35.5. The molecule has 7 heteroatoms. The average molecular weight is 364 g/mol. The second-order valence-electron chi connectivity index (χ2n) is 6.13. The van der Waals surface area contributed by atoms with Crippen molar-refractivity contribution in [2.24, 2.45) is 0 Å². The third-order valence-corrected chi connectivity index (χ3v) is 4.05. The molecule has 0 radical (unpaired) electrons. The van der Waals surface area contributed by atoms with Crippen LogP contribution < -0.4 is 5.32 Å². The maximum absolute atomic E-state index is 13.8. The quantitative estimate of drug-likeness (QED) is 0.703. The lowest BCUT2D eigenvalue weighted by Crippen LogP contribution is -2.25. The molecule has 0 fully saturated rings. The number of benzene rings is 1. The molecule has 0 aliphatic heterocycles. The van der Waals surface area contributed by atoms with E-state index in [1.165, 1.54) is 6.07 Å². The Labute approximate surface area is 149 Å². The molecule has 0 saturated heterocycles. The highest BCUT2D eigenvalue weighted by Crippen LogP contribution is 2.25. The monoisotopic (exact) mass is 363 g/mol. The van der Waals surface area contributed by atoms with Gasteiger partial charge in [0, 0.05) is 23.2 Å². The molecule has 2 aromatic heterocycles. The second-order valence-corrected chi connectivity index (χ2v) is 6.57. The standard InChI is InChI=1S/C18H19ClFN3O2/c1-23(2)10-13-3-4-16(25-13)18(24)21-6-5-11-9-22-17-14(11)7-12(19)8-15(17)20/h3-4,7-9,22H,5-6,10H2,1-2H3,(H,21,24). The number of nitrogens with one attached hydrogen (secondary N) is 2. The van der Waals surface area contributed by atoms with Gasteiger partial charge in [-0.05, 0) is 50.3 Å². The minimum absolute atomic E-state index is 0.269. The molecule has 2 N–H and O–H groups in total. The molecule has 0 spiro atoms. The van der Waals surface area contributed by atoms with Crippen molar-refractivity contribution in [3.63, 3.8) is 0 Å². The number of amides is 1. The summed E-state index contributed by atoms with van der Waals surface area (Å²) in [4.78, 5) is 17.0. The van der Waals surface area contributed by atoms with E-state index < -0.39 is 0 Å². The zero-order valence-electron chi connectivity index (χ0n) is 14.0. The Morgan fingerprint density at radius 3 is 2.92 bits per heavy atom. The Morgan fingerprint density at radius 2 is 2.16 bits per heavy atom. The van der Waals surface area contributed by atoms with E-state index in [9.17, 15) is 9.18 Å². The highest BCUT2D eigenvalue weighted by Gasteiger charge is 2.13. The van der Waals surface area contributed by atoms with Gasteiger partial charge < -0.3 is 19.6 Å². The van der Waals surface area contributed by atoms with Gasteiger partial charge in [-0.25, -0.2) is 4.39 Å². The summed E-state index contributed by atoms with van der Waals surface area (Å²) in [6.45, 7) is 1.04. The number of carbonyl (C=O) groups excluding carboxylic acids is 1. The molecule has 3 aromatic rings. The second kappa shape index (κ2) is 7.29. The number of hydrogen-bond donors (Lipinski definition) is 2. The molecule has 2 heterocycles. The van der Waals surface area contributed by atoms with E-state index in [4.69, 9.17) is 16.0 Å². The van der Waals surface area contributed by atoms with Gasteiger partial charge in [0.25, 0.3) is 5.91 Å². The van der Waals surface area contributed by atoms with Crippen molar-refractivity contribution in [2.45, 2.75) is 13.0 Å². The molecule has 0 atom stereocenters. The van der Waals surface area contributed by atoms with Gasteiger partial charge in [-0.3, -0.25) is 4.79 Å². The predicted octanol–water partition coefficient (Wildman–Crippen LogP) is 3.59. The van der Waals surface area contributed by atoms with Crippen LogP contribution in [0.2, 0.25) is 5.02 Å². The zero-order valence-corrected chi connectivity index (χ0v) is 14.8. The first kappa shape index (κ1) is 17.5. The van der Waals surface area contributed by atoms with E-state index in [0.717, 1.165) is 16.7 Å². The smallest absolute Gasteiger partial charge is 0.287 e. The van der Waals surface area contributed by atoms with Crippen LogP contribution in [-0.4, -0.2) is 36.4 Å². The molecule has 1 amide bonds. The Morgan fingerprint density at radius 1 is 1.36 bits per heavy atom. The number of furan rings is 1. The third-order valence-electron chi connectivity index (χ3n) is 3.83. The number of aromatic nitrogens is 1. The Hall–Kier alpha value is -2.31. The highest BCUT2D eigenvalue weighted by molar-refractivity contribution is 6.31. The van der Waals surface area contributed by atoms with Gasteiger partial charge in [-0.15, -0.1) is 0 Å². The number of aromatic amines is 1. The number of fused-ring (bicyclic) bond motifs is 1. The maximum Gasteiger partial charge on any atom is 0.287 e. The Balaban J connectivity index is 1.61. The number of carbonyl (C=O) groups is 1. The summed E-state index contributed by atoms with van der Waals surface area (Å²) in [5, 5.41) is 3.88. The number of H-pyrrole nitrogens is 1. The van der Waals surface area contributed by atoms with Crippen LogP contribution in [-0.2, 0) is 13.0 Å². The van der Waals surface area contributed by atoms with Gasteiger partial charge in [0.1, 0.15) is 11.6 Å². The molecular weight excluding hydrogens is 345 g/mol. The molecule has 132 valence electrons. The first-order valence-corrected chi connectivity index (χ1v) is 8.28.